The topological polar surface area (TPSA) is 96.7 Å². The Morgan fingerprint density at radius 1 is 1.29 bits per heavy atom. The minimum absolute atomic E-state index is 0.0317. The first kappa shape index (κ1) is 23.2. The number of nitrogens with zero attached hydrogens (tertiary/aromatic N) is 3. The minimum atomic E-state index is -4.64. The molecule has 0 spiro atoms. The largest absolute Gasteiger partial charge is 0.416 e. The number of halogens is 5. The van der Waals surface area contributed by atoms with Crippen LogP contribution in [0.2, 0.25) is 10.0 Å². The zero-order chi connectivity index (χ0) is 23.4. The minimum Gasteiger partial charge on any atom is -0.369 e. The van der Waals surface area contributed by atoms with E-state index in [1.54, 1.807) is 0 Å². The Kier molecular flexibility index (Phi) is 5.70. The molecule has 6 nitrogen and oxygen atoms in total. The third-order valence-electron chi connectivity index (χ3n) is 5.03. The van der Waals surface area contributed by atoms with Crippen LogP contribution >= 0.6 is 23.2 Å². The predicted molar refractivity (Wildman–Crippen MR) is 111 cm³/mol. The Balaban J connectivity index is 2.28. The van der Waals surface area contributed by atoms with Crippen LogP contribution in [0.25, 0.3) is 5.69 Å². The van der Waals surface area contributed by atoms with Gasteiger partial charge in [-0.25, -0.2) is 4.68 Å². The summed E-state index contributed by atoms with van der Waals surface area (Å²) in [4.78, 5) is 12.2. The van der Waals surface area contributed by atoms with Gasteiger partial charge in [0.2, 0.25) is 5.91 Å². The van der Waals surface area contributed by atoms with Crippen molar-refractivity contribution in [2.24, 2.45) is 11.1 Å². The number of carbonyl (C=O) groups excluding carboxylic acids is 1. The van der Waals surface area contributed by atoms with Crippen LogP contribution in [0.1, 0.15) is 50.4 Å². The number of hydrogen-bond donors (Lipinski definition) is 2. The maximum atomic E-state index is 13.1. The molecule has 1 amide bonds. The van der Waals surface area contributed by atoms with Gasteiger partial charge in [0.25, 0.3) is 0 Å². The fraction of sp³-hybridized carbons (Fsp3) is 0.450. The van der Waals surface area contributed by atoms with Crippen molar-refractivity contribution in [2.45, 2.75) is 45.2 Å². The van der Waals surface area contributed by atoms with Gasteiger partial charge >= 0.3 is 6.18 Å². The normalized spacial score (nSPS) is 15.5. The van der Waals surface area contributed by atoms with E-state index in [0.717, 1.165) is 12.1 Å². The van der Waals surface area contributed by atoms with Gasteiger partial charge in [0.05, 0.1) is 21.0 Å². The van der Waals surface area contributed by atoms with Gasteiger partial charge in [-0.1, -0.05) is 44.0 Å². The number of carbonyl (C=O) groups is 1. The molecule has 1 aromatic heterocycles. The summed E-state index contributed by atoms with van der Waals surface area (Å²) in [5.41, 5.74) is 3.53. The van der Waals surface area contributed by atoms with E-state index >= 15 is 0 Å². The fourth-order valence-electron chi connectivity index (χ4n) is 3.30. The highest BCUT2D eigenvalue weighted by Crippen LogP contribution is 2.53. The Morgan fingerprint density at radius 3 is 2.23 bits per heavy atom. The molecule has 1 heterocycles. The number of rotatable bonds is 5. The first-order valence-electron chi connectivity index (χ1n) is 9.35. The Morgan fingerprint density at radius 2 is 1.84 bits per heavy atom. The van der Waals surface area contributed by atoms with Crippen LogP contribution < -0.4 is 11.1 Å². The maximum Gasteiger partial charge on any atom is 0.416 e. The third kappa shape index (κ3) is 4.32. The number of alkyl halides is 3. The van der Waals surface area contributed by atoms with Crippen LogP contribution in [0.3, 0.4) is 0 Å². The summed E-state index contributed by atoms with van der Waals surface area (Å²) >= 11 is 12.4. The Hall–Kier alpha value is -2.44. The lowest BCUT2D eigenvalue weighted by Crippen LogP contribution is -2.30. The summed E-state index contributed by atoms with van der Waals surface area (Å²) in [6.07, 6.45) is -3.78. The van der Waals surface area contributed by atoms with Crippen LogP contribution in [-0.2, 0) is 16.4 Å². The molecule has 1 saturated carbocycles. The molecule has 31 heavy (non-hydrogen) atoms. The number of nitriles is 1. The lowest BCUT2D eigenvalue weighted by Gasteiger charge is -2.23. The van der Waals surface area contributed by atoms with Gasteiger partial charge in [0.1, 0.15) is 17.6 Å². The van der Waals surface area contributed by atoms with E-state index in [1.807, 2.05) is 26.8 Å². The van der Waals surface area contributed by atoms with Crippen molar-refractivity contribution in [2.75, 3.05) is 11.9 Å². The van der Waals surface area contributed by atoms with Gasteiger partial charge in [0.15, 0.2) is 5.69 Å². The van der Waals surface area contributed by atoms with Crippen molar-refractivity contribution in [1.29, 1.82) is 5.26 Å². The second-order valence-corrected chi connectivity index (χ2v) is 9.56. The number of amides is 1. The molecule has 0 unspecified atom stereocenters. The van der Waals surface area contributed by atoms with E-state index in [-0.39, 0.29) is 32.7 Å². The van der Waals surface area contributed by atoms with Crippen molar-refractivity contribution >= 4 is 34.9 Å². The van der Waals surface area contributed by atoms with Gasteiger partial charge in [0, 0.05) is 12.1 Å². The third-order valence-corrected chi connectivity index (χ3v) is 5.61. The highest BCUT2D eigenvalue weighted by Gasteiger charge is 2.54. The first-order valence-corrected chi connectivity index (χ1v) is 10.1. The number of anilines is 1. The van der Waals surface area contributed by atoms with Crippen LogP contribution in [0.15, 0.2) is 12.1 Å². The molecule has 3 rings (SSSR count). The lowest BCUT2D eigenvalue weighted by atomic mass is 9.93. The van der Waals surface area contributed by atoms with Crippen molar-refractivity contribution in [3.8, 4) is 11.8 Å². The van der Waals surface area contributed by atoms with E-state index < -0.39 is 23.1 Å². The summed E-state index contributed by atoms with van der Waals surface area (Å²) in [6, 6.07) is 3.43. The summed E-state index contributed by atoms with van der Waals surface area (Å²) in [5.74, 6) is -0.349. The molecule has 2 aromatic rings. The maximum absolute atomic E-state index is 13.1. The van der Waals surface area contributed by atoms with E-state index in [4.69, 9.17) is 28.9 Å². The van der Waals surface area contributed by atoms with E-state index in [2.05, 4.69) is 10.4 Å². The zero-order valence-electron chi connectivity index (χ0n) is 17.0. The summed E-state index contributed by atoms with van der Waals surface area (Å²) in [5, 5.41) is 16.5. The quantitative estimate of drug-likeness (QED) is 0.634. The van der Waals surface area contributed by atoms with Crippen molar-refractivity contribution in [3.05, 3.63) is 39.0 Å². The summed E-state index contributed by atoms with van der Waals surface area (Å²) in [7, 11) is 0. The van der Waals surface area contributed by atoms with Gasteiger partial charge in [-0.05, 0) is 30.4 Å². The van der Waals surface area contributed by atoms with E-state index in [1.165, 1.54) is 4.68 Å². The molecule has 3 N–H and O–H groups in total. The standard InChI is InChI=1S/C20H20Cl2F3N5O/c1-18(2,3)9-28-16-14(19(4-5-19)17(27)31)13(8-26)29-30(16)15-11(21)6-10(7-12(15)22)20(23,24)25/h6-7,28H,4-5,9H2,1-3H3,(H2,27,31). The zero-order valence-corrected chi connectivity index (χ0v) is 18.5. The molecule has 0 radical (unpaired) electrons. The molecule has 166 valence electrons. The van der Waals surface area contributed by atoms with Crippen molar-refractivity contribution in [1.82, 2.24) is 9.78 Å². The van der Waals surface area contributed by atoms with Crippen LogP contribution in [0.4, 0.5) is 19.0 Å². The molecular weight excluding hydrogens is 454 g/mol. The average molecular weight is 474 g/mol. The second kappa shape index (κ2) is 7.61. The van der Waals surface area contributed by atoms with Gasteiger partial charge in [-0.3, -0.25) is 4.79 Å². The molecule has 1 aliphatic rings. The van der Waals surface area contributed by atoms with Crippen LogP contribution in [-0.4, -0.2) is 22.2 Å². The number of primary amides is 1. The fourth-order valence-corrected chi connectivity index (χ4v) is 3.95. The molecule has 0 bridgehead atoms. The van der Waals surface area contributed by atoms with E-state index in [9.17, 15) is 23.2 Å². The average Bonchev–Trinajstić information content (AvgIpc) is 3.35. The number of nitrogens with one attached hydrogen (secondary N) is 1. The van der Waals surface area contributed by atoms with Gasteiger partial charge < -0.3 is 11.1 Å². The van der Waals surface area contributed by atoms with E-state index in [0.29, 0.717) is 24.9 Å². The first-order chi connectivity index (χ1) is 14.2. The monoisotopic (exact) mass is 473 g/mol. The Labute approximate surface area is 187 Å². The summed E-state index contributed by atoms with van der Waals surface area (Å²) < 4.78 is 40.6. The number of benzene rings is 1. The highest BCUT2D eigenvalue weighted by atomic mass is 35.5. The Bertz CT molecular complexity index is 1070. The molecule has 0 atom stereocenters. The molecule has 0 saturated heterocycles. The SMILES string of the molecule is CC(C)(C)CNc1c(C2(C(N)=O)CC2)c(C#N)nn1-c1c(Cl)cc(C(F)(F)F)cc1Cl. The van der Waals surface area contributed by atoms with Gasteiger partial charge in [-0.15, -0.1) is 0 Å². The number of aromatic nitrogens is 2. The van der Waals surface area contributed by atoms with Crippen molar-refractivity contribution < 1.29 is 18.0 Å². The van der Waals surface area contributed by atoms with Crippen molar-refractivity contribution in [3.63, 3.8) is 0 Å². The molecule has 11 heteroatoms. The highest BCUT2D eigenvalue weighted by molar-refractivity contribution is 6.38. The number of hydrogen-bond acceptors (Lipinski definition) is 4. The smallest absolute Gasteiger partial charge is 0.369 e. The molecule has 1 aliphatic carbocycles. The molecular formula is C20H20Cl2F3N5O. The van der Waals surface area contributed by atoms with Gasteiger partial charge in [-0.2, -0.15) is 23.5 Å². The summed E-state index contributed by atoms with van der Waals surface area (Å²) in [6.45, 7) is 6.29. The molecule has 1 aromatic carbocycles. The lowest BCUT2D eigenvalue weighted by molar-refractivity contribution is -0.137. The molecule has 1 fully saturated rings. The second-order valence-electron chi connectivity index (χ2n) is 8.74. The number of nitrogens with two attached hydrogens (primary N) is 1. The van der Waals surface area contributed by atoms with Crippen LogP contribution in [0, 0.1) is 16.7 Å². The predicted octanol–water partition coefficient (Wildman–Crippen LogP) is 5.04. The van der Waals surface area contributed by atoms with Crippen LogP contribution in [0.5, 0.6) is 0 Å². The molecule has 0 aliphatic heterocycles.